The minimum Gasteiger partial charge on any atom is -0.321 e. The maximum absolute atomic E-state index is 12.8. The quantitative estimate of drug-likeness (QED) is 0.732. The summed E-state index contributed by atoms with van der Waals surface area (Å²) < 4.78 is 38.3. The van der Waals surface area contributed by atoms with Gasteiger partial charge in [-0.1, -0.05) is 12.1 Å². The van der Waals surface area contributed by atoms with Crippen molar-refractivity contribution in [2.24, 2.45) is 0 Å². The number of alkyl halides is 3. The van der Waals surface area contributed by atoms with Gasteiger partial charge in [-0.15, -0.1) is 0 Å². The lowest BCUT2D eigenvalue weighted by Crippen LogP contribution is -2.14. The third-order valence-corrected chi connectivity index (χ3v) is 3.57. The van der Waals surface area contributed by atoms with Crippen molar-refractivity contribution in [3.8, 4) is 0 Å². The molecular formula is C18H13F3N2O. The van der Waals surface area contributed by atoms with E-state index in [0.717, 1.165) is 23.2 Å². The molecule has 1 aromatic heterocycles. The van der Waals surface area contributed by atoms with Crippen LogP contribution in [0.2, 0.25) is 0 Å². The Morgan fingerprint density at radius 1 is 1.04 bits per heavy atom. The van der Waals surface area contributed by atoms with Gasteiger partial charge >= 0.3 is 6.18 Å². The Balaban J connectivity index is 1.93. The summed E-state index contributed by atoms with van der Waals surface area (Å²) in [5.74, 6) is -0.603. The average molecular weight is 330 g/mol. The van der Waals surface area contributed by atoms with Crippen molar-refractivity contribution in [1.29, 1.82) is 0 Å². The van der Waals surface area contributed by atoms with Crippen molar-refractivity contribution in [2.45, 2.75) is 13.1 Å². The van der Waals surface area contributed by atoms with Gasteiger partial charge in [-0.05, 0) is 49.4 Å². The second-order valence-electron chi connectivity index (χ2n) is 5.36. The van der Waals surface area contributed by atoms with Gasteiger partial charge in [0.1, 0.15) is 0 Å². The number of hydrogen-bond donors (Lipinski definition) is 1. The molecule has 0 bridgehead atoms. The Kier molecular flexibility index (Phi) is 3.97. The maximum atomic E-state index is 12.8. The molecule has 6 heteroatoms. The standard InChI is InChI=1S/C18H13F3N2O/c1-11-8-9-14-15(22-11)6-3-7-16(14)23-17(24)12-4-2-5-13(10-12)18(19,20)21/h2-10H,1H3,(H,23,24). The molecule has 3 aromatic rings. The van der Waals surface area contributed by atoms with Crippen LogP contribution in [0.25, 0.3) is 10.9 Å². The fourth-order valence-corrected chi connectivity index (χ4v) is 2.40. The van der Waals surface area contributed by atoms with Crippen LogP contribution in [0, 0.1) is 6.92 Å². The highest BCUT2D eigenvalue weighted by atomic mass is 19.4. The SMILES string of the molecule is Cc1ccc2c(NC(=O)c3cccc(C(F)(F)F)c3)cccc2n1. The molecule has 0 spiro atoms. The largest absolute Gasteiger partial charge is 0.416 e. The van der Waals surface area contributed by atoms with Crippen molar-refractivity contribution in [3.05, 3.63) is 71.4 Å². The lowest BCUT2D eigenvalue weighted by molar-refractivity contribution is -0.137. The van der Waals surface area contributed by atoms with Crippen LogP contribution in [0.1, 0.15) is 21.6 Å². The summed E-state index contributed by atoms with van der Waals surface area (Å²) >= 11 is 0. The zero-order valence-corrected chi connectivity index (χ0v) is 12.7. The zero-order valence-electron chi connectivity index (χ0n) is 12.7. The van der Waals surface area contributed by atoms with Gasteiger partial charge in [-0.3, -0.25) is 9.78 Å². The van der Waals surface area contributed by atoms with E-state index in [-0.39, 0.29) is 5.56 Å². The van der Waals surface area contributed by atoms with E-state index in [9.17, 15) is 18.0 Å². The molecule has 0 fully saturated rings. The number of aryl methyl sites for hydroxylation is 1. The molecule has 0 aliphatic carbocycles. The number of fused-ring (bicyclic) bond motifs is 1. The van der Waals surface area contributed by atoms with Crippen LogP contribution < -0.4 is 5.32 Å². The highest BCUT2D eigenvalue weighted by Gasteiger charge is 2.30. The second-order valence-corrected chi connectivity index (χ2v) is 5.36. The molecule has 0 aliphatic rings. The average Bonchev–Trinajstić information content (AvgIpc) is 2.54. The molecule has 122 valence electrons. The fraction of sp³-hybridized carbons (Fsp3) is 0.111. The first-order valence-corrected chi connectivity index (χ1v) is 7.19. The molecule has 0 radical (unpaired) electrons. The highest BCUT2D eigenvalue weighted by molar-refractivity contribution is 6.08. The molecule has 0 saturated heterocycles. The maximum Gasteiger partial charge on any atom is 0.416 e. The zero-order chi connectivity index (χ0) is 17.3. The van der Waals surface area contributed by atoms with Gasteiger partial charge in [0.15, 0.2) is 0 Å². The summed E-state index contributed by atoms with van der Waals surface area (Å²) in [6.07, 6.45) is -4.49. The van der Waals surface area contributed by atoms with Crippen molar-refractivity contribution in [1.82, 2.24) is 4.98 Å². The summed E-state index contributed by atoms with van der Waals surface area (Å²) in [5, 5.41) is 3.38. The van der Waals surface area contributed by atoms with Gasteiger partial charge in [-0.2, -0.15) is 13.2 Å². The molecule has 0 atom stereocenters. The van der Waals surface area contributed by atoms with Crippen LogP contribution in [0.5, 0.6) is 0 Å². The van der Waals surface area contributed by atoms with Crippen LogP contribution in [0.4, 0.5) is 18.9 Å². The first-order chi connectivity index (χ1) is 11.3. The van der Waals surface area contributed by atoms with E-state index in [4.69, 9.17) is 0 Å². The number of halogens is 3. The van der Waals surface area contributed by atoms with Gasteiger partial charge in [-0.25, -0.2) is 0 Å². The predicted molar refractivity (Wildman–Crippen MR) is 85.9 cm³/mol. The van der Waals surface area contributed by atoms with E-state index in [1.165, 1.54) is 12.1 Å². The third kappa shape index (κ3) is 3.22. The topological polar surface area (TPSA) is 42.0 Å². The third-order valence-electron chi connectivity index (χ3n) is 3.57. The Morgan fingerprint density at radius 3 is 2.54 bits per heavy atom. The van der Waals surface area contributed by atoms with Gasteiger partial charge in [0, 0.05) is 16.6 Å². The van der Waals surface area contributed by atoms with E-state index in [0.29, 0.717) is 11.2 Å². The van der Waals surface area contributed by atoms with Crippen molar-refractivity contribution in [2.75, 3.05) is 5.32 Å². The van der Waals surface area contributed by atoms with Crippen LogP contribution >= 0.6 is 0 Å². The van der Waals surface area contributed by atoms with E-state index in [1.54, 1.807) is 12.1 Å². The number of nitrogens with one attached hydrogen (secondary N) is 1. The lowest BCUT2D eigenvalue weighted by atomic mass is 10.1. The molecule has 0 aliphatic heterocycles. The molecule has 1 heterocycles. The van der Waals surface area contributed by atoms with E-state index in [2.05, 4.69) is 10.3 Å². The smallest absolute Gasteiger partial charge is 0.321 e. The molecule has 3 nitrogen and oxygen atoms in total. The van der Waals surface area contributed by atoms with Crippen molar-refractivity contribution in [3.63, 3.8) is 0 Å². The van der Waals surface area contributed by atoms with Crippen molar-refractivity contribution >= 4 is 22.5 Å². The number of anilines is 1. The summed E-state index contributed by atoms with van der Waals surface area (Å²) in [5.41, 5.74) is 1.13. The molecule has 3 rings (SSSR count). The predicted octanol–water partition coefficient (Wildman–Crippen LogP) is 4.81. The van der Waals surface area contributed by atoms with Crippen LogP contribution in [-0.2, 0) is 6.18 Å². The van der Waals surface area contributed by atoms with Gasteiger partial charge in [0.2, 0.25) is 0 Å². The summed E-state index contributed by atoms with van der Waals surface area (Å²) in [4.78, 5) is 16.7. The van der Waals surface area contributed by atoms with E-state index in [1.807, 2.05) is 25.1 Å². The fourth-order valence-electron chi connectivity index (χ4n) is 2.40. The minimum absolute atomic E-state index is 0.0538. The van der Waals surface area contributed by atoms with Gasteiger partial charge < -0.3 is 5.32 Å². The summed E-state index contributed by atoms with van der Waals surface area (Å²) in [7, 11) is 0. The van der Waals surface area contributed by atoms with Crippen molar-refractivity contribution < 1.29 is 18.0 Å². The molecule has 2 aromatic carbocycles. The second kappa shape index (κ2) is 5.96. The number of carbonyl (C=O) groups excluding carboxylic acids is 1. The van der Waals surface area contributed by atoms with Gasteiger partial charge in [0.05, 0.1) is 16.8 Å². The lowest BCUT2D eigenvalue weighted by Gasteiger charge is -2.11. The number of hydrogen-bond acceptors (Lipinski definition) is 2. The Hall–Kier alpha value is -2.89. The Morgan fingerprint density at radius 2 is 1.79 bits per heavy atom. The van der Waals surface area contributed by atoms with E-state index >= 15 is 0 Å². The van der Waals surface area contributed by atoms with Gasteiger partial charge in [0.25, 0.3) is 5.91 Å². The first kappa shape index (κ1) is 16.0. The number of pyridine rings is 1. The number of benzene rings is 2. The molecule has 0 saturated carbocycles. The highest BCUT2D eigenvalue weighted by Crippen LogP contribution is 2.30. The normalized spacial score (nSPS) is 11.5. The summed E-state index contributed by atoms with van der Waals surface area (Å²) in [6, 6.07) is 13.2. The number of amides is 1. The van der Waals surface area contributed by atoms with E-state index < -0.39 is 17.6 Å². The molecule has 24 heavy (non-hydrogen) atoms. The Bertz CT molecular complexity index is 920. The number of rotatable bonds is 2. The molecule has 0 unspecified atom stereocenters. The van der Waals surface area contributed by atoms with Crippen LogP contribution in [0.3, 0.4) is 0 Å². The van der Waals surface area contributed by atoms with Crippen LogP contribution in [0.15, 0.2) is 54.6 Å². The molecule has 1 amide bonds. The first-order valence-electron chi connectivity index (χ1n) is 7.19. The minimum atomic E-state index is -4.49. The number of nitrogens with zero attached hydrogens (tertiary/aromatic N) is 1. The molecule has 1 N–H and O–H groups in total. The Labute approximate surface area is 136 Å². The summed E-state index contributed by atoms with van der Waals surface area (Å²) in [6.45, 7) is 1.85. The number of carbonyl (C=O) groups is 1. The number of aromatic nitrogens is 1. The van der Waals surface area contributed by atoms with Crippen LogP contribution in [-0.4, -0.2) is 10.9 Å². The monoisotopic (exact) mass is 330 g/mol. The molecular weight excluding hydrogens is 317 g/mol.